The Kier molecular flexibility index (Phi) is 6.31. The van der Waals surface area contributed by atoms with Crippen molar-refractivity contribution in [3.05, 3.63) is 70.4 Å². The number of furan rings is 1. The molecule has 3 aromatic rings. The molecule has 0 saturated carbocycles. The van der Waals surface area contributed by atoms with Crippen LogP contribution >= 0.6 is 11.5 Å². The lowest BCUT2D eigenvalue weighted by atomic mass is 10.1. The van der Waals surface area contributed by atoms with Crippen molar-refractivity contribution in [2.75, 3.05) is 0 Å². The van der Waals surface area contributed by atoms with Gasteiger partial charge in [0, 0.05) is 17.5 Å². The van der Waals surface area contributed by atoms with Crippen molar-refractivity contribution in [2.24, 2.45) is 0 Å². The highest BCUT2D eigenvalue weighted by Crippen LogP contribution is 2.28. The molecule has 0 aliphatic rings. The average Bonchev–Trinajstić information content (AvgIpc) is 3.33. The number of aromatic nitrogens is 2. The summed E-state index contributed by atoms with van der Waals surface area (Å²) in [5.41, 5.74) is 0.257. The van der Waals surface area contributed by atoms with E-state index in [0.29, 0.717) is 17.1 Å². The molecule has 30 heavy (non-hydrogen) atoms. The van der Waals surface area contributed by atoms with Gasteiger partial charge >= 0.3 is 0 Å². The van der Waals surface area contributed by atoms with Crippen LogP contribution in [-0.2, 0) is 11.3 Å². The molecule has 2 amide bonds. The highest BCUT2D eigenvalue weighted by atomic mass is 32.1. The zero-order valence-electron chi connectivity index (χ0n) is 17.2. The van der Waals surface area contributed by atoms with Crippen LogP contribution in [0.4, 0.5) is 4.39 Å². The molecule has 9 heteroatoms. The van der Waals surface area contributed by atoms with Crippen molar-refractivity contribution in [3.63, 3.8) is 0 Å². The molecule has 0 spiro atoms. The lowest BCUT2D eigenvalue weighted by Gasteiger charge is -2.32. The summed E-state index contributed by atoms with van der Waals surface area (Å²) in [5.74, 6) is -0.313. The first-order valence-corrected chi connectivity index (χ1v) is 10.2. The van der Waals surface area contributed by atoms with E-state index in [1.165, 1.54) is 22.4 Å². The van der Waals surface area contributed by atoms with Crippen LogP contribution in [0.25, 0.3) is 0 Å². The maximum Gasteiger partial charge on any atom is 0.276 e. The van der Waals surface area contributed by atoms with Gasteiger partial charge in [-0.1, -0.05) is 16.6 Å². The van der Waals surface area contributed by atoms with Crippen molar-refractivity contribution >= 4 is 23.3 Å². The smallest absolute Gasteiger partial charge is 0.276 e. The standard InChI is InChI=1S/C21H23FN4O3S/c1-13-5-10-17(29-13)18(19(27)23-21(2,3)4)26(20(28)16-12-30-25-24-16)11-14-6-8-15(22)9-7-14/h5-10,12,18H,11H2,1-4H3,(H,23,27)/t18-/m0/s1. The Morgan fingerprint density at radius 3 is 2.43 bits per heavy atom. The number of hydrogen-bond donors (Lipinski definition) is 1. The lowest BCUT2D eigenvalue weighted by molar-refractivity contribution is -0.128. The summed E-state index contributed by atoms with van der Waals surface area (Å²) in [5, 5.41) is 8.30. The van der Waals surface area contributed by atoms with Gasteiger partial charge in [0.2, 0.25) is 0 Å². The predicted octanol–water partition coefficient (Wildman–Crippen LogP) is 3.88. The van der Waals surface area contributed by atoms with Crippen molar-refractivity contribution in [3.8, 4) is 0 Å². The van der Waals surface area contributed by atoms with Crippen molar-refractivity contribution in [2.45, 2.75) is 45.8 Å². The van der Waals surface area contributed by atoms with Crippen LogP contribution in [0.1, 0.15) is 54.4 Å². The topological polar surface area (TPSA) is 88.3 Å². The van der Waals surface area contributed by atoms with E-state index in [4.69, 9.17) is 4.42 Å². The molecule has 0 radical (unpaired) electrons. The quantitative estimate of drug-likeness (QED) is 0.641. The van der Waals surface area contributed by atoms with E-state index in [2.05, 4.69) is 14.9 Å². The van der Waals surface area contributed by atoms with Crippen molar-refractivity contribution < 1.29 is 18.4 Å². The van der Waals surface area contributed by atoms with Gasteiger partial charge in [0.15, 0.2) is 11.7 Å². The van der Waals surface area contributed by atoms with Crippen molar-refractivity contribution in [1.29, 1.82) is 0 Å². The Morgan fingerprint density at radius 1 is 1.20 bits per heavy atom. The Balaban J connectivity index is 2.05. The van der Waals surface area contributed by atoms with E-state index in [1.54, 1.807) is 31.2 Å². The summed E-state index contributed by atoms with van der Waals surface area (Å²) in [7, 11) is 0. The summed E-state index contributed by atoms with van der Waals surface area (Å²) >= 11 is 1.04. The van der Waals surface area contributed by atoms with Gasteiger partial charge < -0.3 is 14.6 Å². The number of carbonyl (C=O) groups is 2. The minimum Gasteiger partial charge on any atom is -0.464 e. The molecular formula is C21H23FN4O3S. The zero-order chi connectivity index (χ0) is 21.9. The van der Waals surface area contributed by atoms with Gasteiger partial charge in [-0.3, -0.25) is 9.59 Å². The molecule has 7 nitrogen and oxygen atoms in total. The first-order chi connectivity index (χ1) is 14.1. The molecule has 2 heterocycles. The molecular weight excluding hydrogens is 407 g/mol. The van der Waals surface area contributed by atoms with Gasteiger partial charge in [0.05, 0.1) is 0 Å². The molecule has 3 rings (SSSR count). The fourth-order valence-electron chi connectivity index (χ4n) is 2.93. The van der Waals surface area contributed by atoms with Gasteiger partial charge in [0.25, 0.3) is 11.8 Å². The Bertz CT molecular complexity index is 1010. The van der Waals surface area contributed by atoms with Gasteiger partial charge in [-0.2, -0.15) is 0 Å². The number of halogens is 1. The number of nitrogens with one attached hydrogen (secondary N) is 1. The highest BCUT2D eigenvalue weighted by Gasteiger charge is 2.36. The van der Waals surface area contributed by atoms with E-state index in [9.17, 15) is 14.0 Å². The molecule has 0 fully saturated rings. The molecule has 0 unspecified atom stereocenters. The fraction of sp³-hybridized carbons (Fsp3) is 0.333. The van der Waals surface area contributed by atoms with Gasteiger partial charge in [0.1, 0.15) is 17.3 Å². The number of hydrogen-bond acceptors (Lipinski definition) is 6. The molecule has 158 valence electrons. The maximum atomic E-state index is 13.4. The minimum absolute atomic E-state index is 0.0542. The lowest BCUT2D eigenvalue weighted by Crippen LogP contribution is -2.49. The van der Waals surface area contributed by atoms with Crippen LogP contribution in [0.3, 0.4) is 0 Å². The van der Waals surface area contributed by atoms with Crippen LogP contribution in [0.15, 0.2) is 46.2 Å². The number of amides is 2. The molecule has 0 bridgehead atoms. The van der Waals surface area contributed by atoms with Gasteiger partial charge in [-0.05, 0) is 69.1 Å². The van der Waals surface area contributed by atoms with Gasteiger partial charge in [-0.25, -0.2) is 4.39 Å². The Labute approximate surface area is 178 Å². The average molecular weight is 431 g/mol. The monoisotopic (exact) mass is 430 g/mol. The molecule has 1 aromatic carbocycles. The summed E-state index contributed by atoms with van der Waals surface area (Å²) < 4.78 is 22.9. The first-order valence-electron chi connectivity index (χ1n) is 9.35. The molecule has 2 aromatic heterocycles. The largest absolute Gasteiger partial charge is 0.464 e. The van der Waals surface area contributed by atoms with E-state index >= 15 is 0 Å². The predicted molar refractivity (Wildman–Crippen MR) is 110 cm³/mol. The molecule has 1 N–H and O–H groups in total. The number of carbonyl (C=O) groups excluding carboxylic acids is 2. The number of rotatable bonds is 6. The molecule has 0 aliphatic carbocycles. The van der Waals surface area contributed by atoms with Crippen LogP contribution < -0.4 is 5.32 Å². The van der Waals surface area contributed by atoms with Gasteiger partial charge in [-0.15, -0.1) is 5.10 Å². The van der Waals surface area contributed by atoms with E-state index in [-0.39, 0.29) is 18.1 Å². The van der Waals surface area contributed by atoms with Crippen LogP contribution in [0.5, 0.6) is 0 Å². The first kappa shape index (κ1) is 21.6. The number of aryl methyl sites for hydroxylation is 1. The number of nitrogens with zero attached hydrogens (tertiary/aromatic N) is 3. The highest BCUT2D eigenvalue weighted by molar-refractivity contribution is 7.03. The Hall–Kier alpha value is -3.07. The maximum absolute atomic E-state index is 13.4. The minimum atomic E-state index is -1.04. The second-order valence-corrected chi connectivity index (χ2v) is 8.55. The SMILES string of the molecule is Cc1ccc([C@@H](C(=O)NC(C)(C)C)N(Cc2ccc(F)cc2)C(=O)c2csnn2)o1. The third-order valence-corrected chi connectivity index (χ3v) is 4.70. The zero-order valence-corrected chi connectivity index (χ0v) is 18.0. The normalized spacial score (nSPS) is 12.4. The fourth-order valence-corrected chi connectivity index (χ4v) is 3.36. The van der Waals surface area contributed by atoms with E-state index in [0.717, 1.165) is 11.5 Å². The second kappa shape index (κ2) is 8.74. The van der Waals surface area contributed by atoms with Crippen molar-refractivity contribution in [1.82, 2.24) is 19.8 Å². The van der Waals surface area contributed by atoms with E-state index in [1.807, 2.05) is 20.8 Å². The number of benzene rings is 1. The summed E-state index contributed by atoms with van der Waals surface area (Å²) in [6.45, 7) is 7.38. The third kappa shape index (κ3) is 5.29. The molecule has 1 atom stereocenters. The summed E-state index contributed by atoms with van der Waals surface area (Å²) in [4.78, 5) is 27.9. The molecule has 0 aliphatic heterocycles. The third-order valence-electron chi connectivity index (χ3n) is 4.20. The summed E-state index contributed by atoms with van der Waals surface area (Å²) in [6.07, 6.45) is 0. The second-order valence-electron chi connectivity index (χ2n) is 7.94. The molecule has 0 saturated heterocycles. The van der Waals surface area contributed by atoms with Crippen LogP contribution in [0, 0.1) is 12.7 Å². The van der Waals surface area contributed by atoms with E-state index < -0.39 is 23.4 Å². The van der Waals surface area contributed by atoms with Crippen LogP contribution in [0.2, 0.25) is 0 Å². The summed E-state index contributed by atoms with van der Waals surface area (Å²) in [6, 6.07) is 8.12. The van der Waals surface area contributed by atoms with Crippen LogP contribution in [-0.4, -0.2) is 31.8 Å². The Morgan fingerprint density at radius 2 is 1.90 bits per heavy atom.